The van der Waals surface area contributed by atoms with E-state index in [4.69, 9.17) is 5.11 Å². The molecule has 7 heteroatoms. The average molecular weight is 317 g/mol. The summed E-state index contributed by atoms with van der Waals surface area (Å²) in [5.41, 5.74) is -0.917. The fourth-order valence-corrected chi connectivity index (χ4v) is 3.31. The molecular formula is C14H14F3NO2S. The third kappa shape index (κ3) is 3.93. The third-order valence-electron chi connectivity index (χ3n) is 3.02. The Labute approximate surface area is 123 Å². The number of hydrogen-bond acceptors (Lipinski definition) is 3. The molecule has 114 valence electrons. The van der Waals surface area contributed by atoms with Crippen molar-refractivity contribution in [2.45, 2.75) is 32.9 Å². The zero-order chi connectivity index (χ0) is 15.8. The summed E-state index contributed by atoms with van der Waals surface area (Å²) in [7, 11) is 0. The highest BCUT2D eigenvalue weighted by Crippen LogP contribution is 2.34. The van der Waals surface area contributed by atoms with Gasteiger partial charge in [0.2, 0.25) is 0 Å². The van der Waals surface area contributed by atoms with E-state index in [1.807, 2.05) is 0 Å². The summed E-state index contributed by atoms with van der Waals surface area (Å²) in [4.78, 5) is 15.0. The van der Waals surface area contributed by atoms with Crippen molar-refractivity contribution in [3.05, 3.63) is 28.8 Å². The van der Waals surface area contributed by atoms with Gasteiger partial charge in [-0.15, -0.1) is 11.3 Å². The lowest BCUT2D eigenvalue weighted by Crippen LogP contribution is -2.19. The van der Waals surface area contributed by atoms with Crippen LogP contribution in [0.1, 0.15) is 30.8 Å². The summed E-state index contributed by atoms with van der Waals surface area (Å²) in [6.07, 6.45) is -3.99. The van der Waals surface area contributed by atoms with Crippen molar-refractivity contribution in [1.29, 1.82) is 0 Å². The number of nitrogens with zero attached hydrogens (tertiary/aromatic N) is 1. The molecule has 1 aromatic heterocycles. The summed E-state index contributed by atoms with van der Waals surface area (Å²) in [6, 6.07) is 3.47. The number of carboxylic acid groups (broad SMARTS) is 1. The Kier molecular flexibility index (Phi) is 3.97. The van der Waals surface area contributed by atoms with Gasteiger partial charge in [-0.25, -0.2) is 4.98 Å². The van der Waals surface area contributed by atoms with Crippen molar-refractivity contribution in [3.63, 3.8) is 0 Å². The van der Waals surface area contributed by atoms with Gasteiger partial charge in [0.15, 0.2) is 0 Å². The summed E-state index contributed by atoms with van der Waals surface area (Å²) in [6.45, 7) is 3.60. The molecule has 1 N–H and O–H groups in total. The SMILES string of the molecule is CC(C)(CC(=O)O)Cc1nc2cc(C(F)(F)F)ccc2s1. The summed E-state index contributed by atoms with van der Waals surface area (Å²) in [5.74, 6) is -0.902. The largest absolute Gasteiger partial charge is 0.481 e. The Hall–Kier alpha value is -1.63. The monoisotopic (exact) mass is 317 g/mol. The predicted octanol–water partition coefficient (Wildman–Crippen LogP) is 4.36. The second-order valence-electron chi connectivity index (χ2n) is 5.70. The van der Waals surface area contributed by atoms with Crippen molar-refractivity contribution in [3.8, 4) is 0 Å². The molecule has 0 fully saturated rings. The predicted molar refractivity (Wildman–Crippen MR) is 74.4 cm³/mol. The third-order valence-corrected chi connectivity index (χ3v) is 4.06. The molecule has 0 atom stereocenters. The molecule has 0 spiro atoms. The highest BCUT2D eigenvalue weighted by atomic mass is 32.1. The molecule has 0 aliphatic carbocycles. The smallest absolute Gasteiger partial charge is 0.416 e. The summed E-state index contributed by atoms with van der Waals surface area (Å²) in [5, 5.41) is 9.50. The molecular weight excluding hydrogens is 303 g/mol. The molecule has 0 aliphatic rings. The van der Waals surface area contributed by atoms with Gasteiger partial charge in [-0.3, -0.25) is 4.79 Å². The van der Waals surface area contributed by atoms with E-state index < -0.39 is 23.1 Å². The van der Waals surface area contributed by atoms with Crippen LogP contribution in [-0.4, -0.2) is 16.1 Å². The number of thiazole rings is 1. The minimum absolute atomic E-state index is 0.0171. The van der Waals surface area contributed by atoms with Gasteiger partial charge in [0.05, 0.1) is 27.2 Å². The highest BCUT2D eigenvalue weighted by Gasteiger charge is 2.31. The highest BCUT2D eigenvalue weighted by molar-refractivity contribution is 7.18. The summed E-state index contributed by atoms with van der Waals surface area (Å²) < 4.78 is 38.6. The van der Waals surface area contributed by atoms with Gasteiger partial charge in [0.1, 0.15) is 0 Å². The number of hydrogen-bond donors (Lipinski definition) is 1. The molecule has 0 saturated carbocycles. The van der Waals surface area contributed by atoms with Crippen LogP contribution < -0.4 is 0 Å². The van der Waals surface area contributed by atoms with E-state index in [1.165, 1.54) is 17.4 Å². The number of aliphatic carboxylic acids is 1. The van der Waals surface area contributed by atoms with E-state index in [0.29, 0.717) is 21.6 Å². The summed E-state index contributed by atoms with van der Waals surface area (Å²) >= 11 is 1.30. The van der Waals surface area contributed by atoms with E-state index >= 15 is 0 Å². The van der Waals surface area contributed by atoms with E-state index in [9.17, 15) is 18.0 Å². The molecule has 0 unspecified atom stereocenters. The van der Waals surface area contributed by atoms with Crippen molar-refractivity contribution >= 4 is 27.5 Å². The Morgan fingerprint density at radius 1 is 1.33 bits per heavy atom. The topological polar surface area (TPSA) is 50.2 Å². The van der Waals surface area contributed by atoms with Crippen LogP contribution in [0.5, 0.6) is 0 Å². The fraction of sp³-hybridized carbons (Fsp3) is 0.429. The second-order valence-corrected chi connectivity index (χ2v) is 6.81. The lowest BCUT2D eigenvalue weighted by molar-refractivity contribution is -0.139. The molecule has 0 aliphatic heterocycles. The Balaban J connectivity index is 2.29. The van der Waals surface area contributed by atoms with Crippen LogP contribution in [-0.2, 0) is 17.4 Å². The first-order valence-electron chi connectivity index (χ1n) is 6.25. The maximum absolute atomic E-state index is 12.6. The Bertz CT molecular complexity index is 676. The standard InChI is InChI=1S/C14H14F3NO2S/c1-13(2,7-12(19)20)6-11-18-9-5-8(14(15,16)17)3-4-10(9)21-11/h3-5H,6-7H2,1-2H3,(H,19,20). The van der Waals surface area contributed by atoms with Gasteiger partial charge in [0.25, 0.3) is 0 Å². The number of fused-ring (bicyclic) bond motifs is 1. The number of rotatable bonds is 4. The van der Waals surface area contributed by atoms with Crippen LogP contribution in [0.2, 0.25) is 0 Å². The molecule has 2 rings (SSSR count). The molecule has 0 bridgehead atoms. The molecule has 1 aromatic carbocycles. The van der Waals surface area contributed by atoms with Crippen LogP contribution in [0.3, 0.4) is 0 Å². The number of benzene rings is 1. The van der Waals surface area contributed by atoms with Crippen LogP contribution in [0.4, 0.5) is 13.2 Å². The van der Waals surface area contributed by atoms with Gasteiger partial charge in [-0.1, -0.05) is 13.8 Å². The number of alkyl halides is 3. The second kappa shape index (κ2) is 5.29. The van der Waals surface area contributed by atoms with Crippen LogP contribution in [0.15, 0.2) is 18.2 Å². The molecule has 0 saturated heterocycles. The molecule has 3 nitrogen and oxygen atoms in total. The van der Waals surface area contributed by atoms with Crippen molar-refractivity contribution in [2.75, 3.05) is 0 Å². The zero-order valence-electron chi connectivity index (χ0n) is 11.5. The first kappa shape index (κ1) is 15.8. The maximum Gasteiger partial charge on any atom is 0.416 e. The molecule has 2 aromatic rings. The van der Waals surface area contributed by atoms with Crippen LogP contribution in [0.25, 0.3) is 10.2 Å². The lowest BCUT2D eigenvalue weighted by atomic mass is 9.86. The van der Waals surface area contributed by atoms with Crippen LogP contribution in [0, 0.1) is 5.41 Å². The number of carbonyl (C=O) groups is 1. The number of carboxylic acids is 1. The van der Waals surface area contributed by atoms with E-state index in [0.717, 1.165) is 12.1 Å². The van der Waals surface area contributed by atoms with Gasteiger partial charge >= 0.3 is 12.1 Å². The molecule has 21 heavy (non-hydrogen) atoms. The first-order valence-corrected chi connectivity index (χ1v) is 7.07. The number of halogens is 3. The Morgan fingerprint density at radius 2 is 2.00 bits per heavy atom. The van der Waals surface area contributed by atoms with E-state index in [-0.39, 0.29) is 6.42 Å². The molecule has 0 amide bonds. The molecule has 0 radical (unpaired) electrons. The molecule has 1 heterocycles. The quantitative estimate of drug-likeness (QED) is 0.911. The maximum atomic E-state index is 12.6. The van der Waals surface area contributed by atoms with Gasteiger partial charge in [-0.2, -0.15) is 13.2 Å². The van der Waals surface area contributed by atoms with E-state index in [2.05, 4.69) is 4.98 Å². The minimum atomic E-state index is -4.39. The van der Waals surface area contributed by atoms with Gasteiger partial charge in [-0.05, 0) is 23.6 Å². The zero-order valence-corrected chi connectivity index (χ0v) is 12.3. The lowest BCUT2D eigenvalue weighted by Gasteiger charge is -2.20. The number of aromatic nitrogens is 1. The van der Waals surface area contributed by atoms with Gasteiger partial charge in [0, 0.05) is 6.42 Å². The van der Waals surface area contributed by atoms with Crippen LogP contribution >= 0.6 is 11.3 Å². The first-order chi connectivity index (χ1) is 9.57. The van der Waals surface area contributed by atoms with Gasteiger partial charge < -0.3 is 5.11 Å². The van der Waals surface area contributed by atoms with Crippen molar-refractivity contribution in [1.82, 2.24) is 4.98 Å². The average Bonchev–Trinajstić information content (AvgIpc) is 2.65. The normalized spacial score (nSPS) is 12.8. The fourth-order valence-electron chi connectivity index (χ4n) is 2.11. The Morgan fingerprint density at radius 3 is 2.57 bits per heavy atom. The minimum Gasteiger partial charge on any atom is -0.481 e. The van der Waals surface area contributed by atoms with E-state index in [1.54, 1.807) is 13.8 Å². The van der Waals surface area contributed by atoms with Crippen molar-refractivity contribution < 1.29 is 23.1 Å². The van der Waals surface area contributed by atoms with Crippen molar-refractivity contribution in [2.24, 2.45) is 5.41 Å².